The van der Waals surface area contributed by atoms with Crippen LogP contribution in [0.2, 0.25) is 0 Å². The van der Waals surface area contributed by atoms with Crippen molar-refractivity contribution in [1.29, 1.82) is 0 Å². The van der Waals surface area contributed by atoms with Crippen LogP contribution >= 0.6 is 0 Å². The monoisotopic (exact) mass is 354 g/mol. The lowest BCUT2D eigenvalue weighted by atomic mass is 10.1. The van der Waals surface area contributed by atoms with Crippen molar-refractivity contribution in [2.75, 3.05) is 10.6 Å². The summed E-state index contributed by atoms with van der Waals surface area (Å²) in [5.41, 5.74) is 2.61. The Morgan fingerprint density at radius 3 is 2.29 bits per heavy atom. The standard InChI is InChI=1S/C18H30N2O3S/c1-7-9-15(5)19-18(21)17(8-2)20(24(6,22)23)16-11-10-13(3)14(4)12-16/h10-12,15,17H,7-9H2,1-6H3,(H,19,21)/t15-,17-/m0/s1. The number of anilines is 1. The Bertz CT molecular complexity index is 671. The van der Waals surface area contributed by atoms with Gasteiger partial charge in [-0.2, -0.15) is 0 Å². The molecular formula is C18H30N2O3S. The lowest BCUT2D eigenvalue weighted by Crippen LogP contribution is -2.51. The molecule has 0 unspecified atom stereocenters. The predicted octanol–water partition coefficient (Wildman–Crippen LogP) is 3.15. The normalized spacial score (nSPS) is 14.1. The van der Waals surface area contributed by atoms with Gasteiger partial charge in [-0.15, -0.1) is 0 Å². The van der Waals surface area contributed by atoms with Crippen LogP contribution in [0.5, 0.6) is 0 Å². The van der Waals surface area contributed by atoms with E-state index in [1.807, 2.05) is 39.8 Å². The highest BCUT2D eigenvalue weighted by Crippen LogP contribution is 2.25. The zero-order chi connectivity index (χ0) is 18.5. The van der Waals surface area contributed by atoms with E-state index in [-0.39, 0.29) is 11.9 Å². The smallest absolute Gasteiger partial charge is 0.244 e. The molecule has 5 nitrogen and oxygen atoms in total. The van der Waals surface area contributed by atoms with E-state index in [9.17, 15) is 13.2 Å². The quantitative estimate of drug-likeness (QED) is 0.780. The van der Waals surface area contributed by atoms with Crippen molar-refractivity contribution in [1.82, 2.24) is 5.32 Å². The fourth-order valence-corrected chi connectivity index (χ4v) is 3.97. The summed E-state index contributed by atoms with van der Waals surface area (Å²) >= 11 is 0. The first kappa shape index (κ1) is 20.5. The molecular weight excluding hydrogens is 324 g/mol. The van der Waals surface area contributed by atoms with Gasteiger partial charge in [-0.05, 0) is 56.9 Å². The third-order valence-electron chi connectivity index (χ3n) is 4.19. The number of carbonyl (C=O) groups is 1. The minimum absolute atomic E-state index is 0.0257. The van der Waals surface area contributed by atoms with Crippen LogP contribution < -0.4 is 9.62 Å². The van der Waals surface area contributed by atoms with Gasteiger partial charge >= 0.3 is 0 Å². The maximum Gasteiger partial charge on any atom is 0.244 e. The second kappa shape index (κ2) is 8.51. The molecule has 2 atom stereocenters. The van der Waals surface area contributed by atoms with E-state index in [1.165, 1.54) is 4.31 Å². The highest BCUT2D eigenvalue weighted by atomic mass is 32.2. The summed E-state index contributed by atoms with van der Waals surface area (Å²) in [6, 6.07) is 4.74. The first-order valence-electron chi connectivity index (χ1n) is 8.48. The molecule has 1 amide bonds. The van der Waals surface area contributed by atoms with E-state index in [0.717, 1.165) is 30.2 Å². The molecule has 0 radical (unpaired) electrons. The Hall–Kier alpha value is -1.56. The van der Waals surface area contributed by atoms with Gasteiger partial charge in [0.2, 0.25) is 15.9 Å². The Kier molecular flexibility index (Phi) is 7.27. The average molecular weight is 355 g/mol. The minimum Gasteiger partial charge on any atom is -0.352 e. The van der Waals surface area contributed by atoms with Crippen molar-refractivity contribution >= 4 is 21.6 Å². The number of carbonyl (C=O) groups excluding carboxylic acids is 1. The SMILES string of the molecule is CCC[C@H](C)NC(=O)[C@H](CC)N(c1ccc(C)c(C)c1)S(C)(=O)=O. The number of nitrogens with one attached hydrogen (secondary N) is 1. The van der Waals surface area contributed by atoms with E-state index < -0.39 is 16.1 Å². The van der Waals surface area contributed by atoms with E-state index in [1.54, 1.807) is 6.07 Å². The number of nitrogens with zero attached hydrogens (tertiary/aromatic N) is 1. The Balaban J connectivity index is 3.22. The van der Waals surface area contributed by atoms with Gasteiger partial charge in [0.1, 0.15) is 6.04 Å². The van der Waals surface area contributed by atoms with E-state index >= 15 is 0 Å². The van der Waals surface area contributed by atoms with Gasteiger partial charge in [-0.1, -0.05) is 26.3 Å². The molecule has 0 aliphatic carbocycles. The molecule has 0 heterocycles. The van der Waals surface area contributed by atoms with Gasteiger partial charge in [-0.25, -0.2) is 8.42 Å². The van der Waals surface area contributed by atoms with Crippen LogP contribution in [-0.4, -0.2) is 32.7 Å². The fourth-order valence-electron chi connectivity index (χ4n) is 2.77. The molecule has 0 aliphatic heterocycles. The van der Waals surface area contributed by atoms with Crippen molar-refractivity contribution in [2.45, 2.75) is 66.0 Å². The molecule has 0 saturated carbocycles. The molecule has 1 aromatic carbocycles. The summed E-state index contributed by atoms with van der Waals surface area (Å²) in [6.07, 6.45) is 3.38. The third kappa shape index (κ3) is 5.23. The molecule has 1 rings (SSSR count). The summed E-state index contributed by atoms with van der Waals surface area (Å²) in [5.74, 6) is -0.248. The molecule has 136 valence electrons. The van der Waals surface area contributed by atoms with Gasteiger partial charge in [0.15, 0.2) is 0 Å². The zero-order valence-electron chi connectivity index (χ0n) is 15.6. The summed E-state index contributed by atoms with van der Waals surface area (Å²) in [6.45, 7) is 9.73. The number of benzene rings is 1. The summed E-state index contributed by atoms with van der Waals surface area (Å²) in [4.78, 5) is 12.7. The second-order valence-corrected chi connectivity index (χ2v) is 8.31. The van der Waals surface area contributed by atoms with E-state index in [0.29, 0.717) is 12.1 Å². The molecule has 0 spiro atoms. The number of rotatable bonds is 8. The van der Waals surface area contributed by atoms with Gasteiger partial charge in [0.05, 0.1) is 11.9 Å². The predicted molar refractivity (Wildman–Crippen MR) is 99.8 cm³/mol. The molecule has 0 fully saturated rings. The van der Waals surface area contributed by atoms with Crippen LogP contribution in [0.4, 0.5) is 5.69 Å². The lowest BCUT2D eigenvalue weighted by Gasteiger charge is -2.31. The van der Waals surface area contributed by atoms with Crippen LogP contribution in [0.25, 0.3) is 0 Å². The fraction of sp³-hybridized carbons (Fsp3) is 0.611. The van der Waals surface area contributed by atoms with Crippen LogP contribution in [0, 0.1) is 13.8 Å². The number of aryl methyl sites for hydroxylation is 2. The molecule has 1 N–H and O–H groups in total. The molecule has 0 aromatic heterocycles. The van der Waals surface area contributed by atoms with Crippen LogP contribution in [0.1, 0.15) is 51.2 Å². The van der Waals surface area contributed by atoms with Crippen molar-refractivity contribution in [3.8, 4) is 0 Å². The minimum atomic E-state index is -3.58. The van der Waals surface area contributed by atoms with E-state index in [4.69, 9.17) is 0 Å². The average Bonchev–Trinajstić information content (AvgIpc) is 2.46. The zero-order valence-corrected chi connectivity index (χ0v) is 16.4. The second-order valence-electron chi connectivity index (χ2n) is 6.45. The molecule has 0 bridgehead atoms. The Labute approximate surface area is 146 Å². The largest absolute Gasteiger partial charge is 0.352 e. The summed E-state index contributed by atoms with van der Waals surface area (Å²) in [7, 11) is -3.58. The van der Waals surface area contributed by atoms with Gasteiger partial charge in [0, 0.05) is 6.04 Å². The highest BCUT2D eigenvalue weighted by Gasteiger charge is 2.32. The van der Waals surface area contributed by atoms with Crippen LogP contribution in [-0.2, 0) is 14.8 Å². The molecule has 1 aromatic rings. The maximum atomic E-state index is 12.7. The molecule has 6 heteroatoms. The lowest BCUT2D eigenvalue weighted by molar-refractivity contribution is -0.122. The molecule has 24 heavy (non-hydrogen) atoms. The summed E-state index contributed by atoms with van der Waals surface area (Å²) in [5, 5.41) is 2.94. The molecule has 0 aliphatic rings. The highest BCUT2D eigenvalue weighted by molar-refractivity contribution is 7.92. The number of hydrogen-bond acceptors (Lipinski definition) is 3. The summed E-state index contributed by atoms with van der Waals surface area (Å²) < 4.78 is 26.0. The van der Waals surface area contributed by atoms with E-state index in [2.05, 4.69) is 12.2 Å². The van der Waals surface area contributed by atoms with Crippen molar-refractivity contribution < 1.29 is 13.2 Å². The van der Waals surface area contributed by atoms with Crippen LogP contribution in [0.15, 0.2) is 18.2 Å². The Morgan fingerprint density at radius 1 is 1.21 bits per heavy atom. The van der Waals surface area contributed by atoms with Crippen molar-refractivity contribution in [2.24, 2.45) is 0 Å². The van der Waals surface area contributed by atoms with Gasteiger partial charge in [-0.3, -0.25) is 9.10 Å². The number of amides is 1. The van der Waals surface area contributed by atoms with Crippen molar-refractivity contribution in [3.63, 3.8) is 0 Å². The maximum absolute atomic E-state index is 12.7. The van der Waals surface area contributed by atoms with Crippen LogP contribution in [0.3, 0.4) is 0 Å². The third-order valence-corrected chi connectivity index (χ3v) is 5.36. The van der Waals surface area contributed by atoms with Crippen molar-refractivity contribution in [3.05, 3.63) is 29.3 Å². The van der Waals surface area contributed by atoms with Gasteiger partial charge in [0.25, 0.3) is 0 Å². The number of sulfonamides is 1. The molecule has 0 saturated heterocycles. The Morgan fingerprint density at radius 2 is 1.83 bits per heavy atom. The first-order valence-corrected chi connectivity index (χ1v) is 10.3. The number of hydrogen-bond donors (Lipinski definition) is 1. The van der Waals surface area contributed by atoms with Gasteiger partial charge < -0.3 is 5.32 Å². The first-order chi connectivity index (χ1) is 11.1. The topological polar surface area (TPSA) is 66.5 Å².